The van der Waals surface area contributed by atoms with Crippen molar-refractivity contribution in [3.8, 4) is 0 Å². The maximum absolute atomic E-state index is 14.3. The molecule has 32 heavy (non-hydrogen) atoms. The van der Waals surface area contributed by atoms with Crippen LogP contribution in [0.25, 0.3) is 0 Å². The smallest absolute Gasteiger partial charge is 0.356 e. The van der Waals surface area contributed by atoms with Crippen LogP contribution in [0, 0.1) is 5.41 Å². The largest absolute Gasteiger partial charge is 0.430 e. The molecule has 2 aliphatic rings. The molecule has 2 atom stereocenters. The molecule has 2 aromatic rings. The first kappa shape index (κ1) is 22.8. The molecule has 1 unspecified atom stereocenters. The van der Waals surface area contributed by atoms with Crippen LogP contribution in [0.4, 0.5) is 13.2 Å². The summed E-state index contributed by atoms with van der Waals surface area (Å²) in [7, 11) is 0.960. The third-order valence-corrected chi connectivity index (χ3v) is 7.32. The van der Waals surface area contributed by atoms with Crippen molar-refractivity contribution in [1.29, 1.82) is 0 Å². The molecule has 0 radical (unpaired) electrons. The molecule has 1 spiro atoms. The van der Waals surface area contributed by atoms with Crippen molar-refractivity contribution in [2.45, 2.75) is 37.0 Å². The minimum Gasteiger partial charge on any atom is -0.356 e. The zero-order valence-corrected chi connectivity index (χ0v) is 18.2. The molecule has 4 rings (SSSR count). The highest BCUT2D eigenvalue weighted by molar-refractivity contribution is 5.88. The second-order valence-electron chi connectivity index (χ2n) is 8.82. The molecule has 0 aliphatic carbocycles. The summed E-state index contributed by atoms with van der Waals surface area (Å²) in [6.07, 6.45) is -2.59. The van der Waals surface area contributed by atoms with Crippen LogP contribution in [0.1, 0.15) is 36.3 Å². The third kappa shape index (κ3) is 3.82. The normalized spacial score (nSPS) is 23.0. The molecule has 1 N–H and O–H groups in total. The number of halogens is 3. The first-order valence-electron chi connectivity index (χ1n) is 11.1. The van der Waals surface area contributed by atoms with E-state index in [0.29, 0.717) is 12.8 Å². The van der Waals surface area contributed by atoms with E-state index in [-0.39, 0.29) is 30.0 Å². The molecule has 4 nitrogen and oxygen atoms in total. The van der Waals surface area contributed by atoms with Crippen molar-refractivity contribution in [2.24, 2.45) is 5.41 Å². The highest BCUT2D eigenvalue weighted by atomic mass is 19.4. The Morgan fingerprint density at radius 3 is 2.16 bits per heavy atom. The lowest BCUT2D eigenvalue weighted by molar-refractivity contribution is -0.271. The average molecular weight is 447 g/mol. The molecular weight excluding hydrogens is 417 g/mol. The Bertz CT molecular complexity index is 912. The topological polar surface area (TPSA) is 41.6 Å². The van der Waals surface area contributed by atoms with Gasteiger partial charge in [0, 0.05) is 38.2 Å². The Balaban J connectivity index is 1.59. The van der Waals surface area contributed by atoms with Gasteiger partial charge in [0.05, 0.1) is 0 Å². The summed E-state index contributed by atoms with van der Waals surface area (Å²) in [5.41, 5.74) is -1.97. The van der Waals surface area contributed by atoms with E-state index in [4.69, 9.17) is 4.74 Å². The van der Waals surface area contributed by atoms with Crippen LogP contribution in [-0.2, 0) is 15.1 Å². The van der Waals surface area contributed by atoms with Gasteiger partial charge in [-0.2, -0.15) is 13.2 Å². The van der Waals surface area contributed by atoms with E-state index < -0.39 is 17.7 Å². The molecule has 2 aromatic carbocycles. The number of carbonyl (C=O) groups excluding carboxylic acids is 1. The number of nitrogens with zero attached hydrogens (tertiary/aromatic N) is 1. The van der Waals surface area contributed by atoms with Gasteiger partial charge in [-0.3, -0.25) is 4.79 Å². The molecule has 2 fully saturated rings. The van der Waals surface area contributed by atoms with E-state index in [1.54, 1.807) is 6.07 Å². The van der Waals surface area contributed by atoms with Gasteiger partial charge >= 0.3 is 6.18 Å². The standard InChI is InChI=1S/C25H29F3N2O2/c1-32-24(25(26,27)28,20-10-6-3-7-11-20)22(31)30-16-13-23(14-17-30)12-15-29-18-21(23)19-8-4-2-5-9-19/h2-11,21,29H,12-18H2,1H3/t21?,24-/m0/s1. The van der Waals surface area contributed by atoms with Crippen molar-refractivity contribution in [3.05, 3.63) is 71.8 Å². The molecular formula is C25H29F3N2O2. The summed E-state index contributed by atoms with van der Waals surface area (Å²) in [5.74, 6) is -0.752. The van der Waals surface area contributed by atoms with Crippen LogP contribution >= 0.6 is 0 Å². The van der Waals surface area contributed by atoms with E-state index in [1.807, 2.05) is 18.2 Å². The number of rotatable bonds is 4. The number of piperidine rings is 2. The summed E-state index contributed by atoms with van der Waals surface area (Å²) in [6.45, 7) is 2.30. The van der Waals surface area contributed by atoms with Gasteiger partial charge in [0.15, 0.2) is 0 Å². The number of nitrogens with one attached hydrogen (secondary N) is 1. The fourth-order valence-corrected chi connectivity index (χ4v) is 5.51. The van der Waals surface area contributed by atoms with Crippen molar-refractivity contribution in [1.82, 2.24) is 10.2 Å². The summed E-state index contributed by atoms with van der Waals surface area (Å²) < 4.78 is 48.0. The van der Waals surface area contributed by atoms with Gasteiger partial charge in [0.25, 0.3) is 11.5 Å². The molecule has 0 bridgehead atoms. The minimum absolute atomic E-state index is 0.0237. The van der Waals surface area contributed by atoms with Crippen molar-refractivity contribution in [2.75, 3.05) is 33.3 Å². The Kier molecular flexibility index (Phi) is 6.32. The molecule has 7 heteroatoms. The summed E-state index contributed by atoms with van der Waals surface area (Å²) >= 11 is 0. The molecule has 2 heterocycles. The maximum Gasteiger partial charge on any atom is 0.430 e. The zero-order valence-electron chi connectivity index (χ0n) is 18.2. The molecule has 2 saturated heterocycles. The van der Waals surface area contributed by atoms with Gasteiger partial charge in [-0.05, 0) is 36.8 Å². The summed E-state index contributed by atoms with van der Waals surface area (Å²) in [4.78, 5) is 14.7. The number of amides is 1. The van der Waals surface area contributed by atoms with Crippen LogP contribution in [-0.4, -0.2) is 50.3 Å². The lowest BCUT2D eigenvalue weighted by Gasteiger charge is -2.50. The lowest BCUT2D eigenvalue weighted by atomic mass is 9.62. The Morgan fingerprint density at radius 1 is 1.00 bits per heavy atom. The number of ether oxygens (including phenoxy) is 1. The second-order valence-corrected chi connectivity index (χ2v) is 8.82. The molecule has 1 amide bonds. The number of likely N-dealkylation sites (tertiary alicyclic amines) is 1. The van der Waals surface area contributed by atoms with Crippen LogP contribution in [0.5, 0.6) is 0 Å². The van der Waals surface area contributed by atoms with Gasteiger partial charge < -0.3 is 15.0 Å². The monoisotopic (exact) mass is 446 g/mol. The molecule has 0 aromatic heterocycles. The van der Waals surface area contributed by atoms with Gasteiger partial charge in [-0.25, -0.2) is 0 Å². The predicted octanol–water partition coefficient (Wildman–Crippen LogP) is 4.48. The van der Waals surface area contributed by atoms with Crippen LogP contribution in [0.3, 0.4) is 0 Å². The van der Waals surface area contributed by atoms with E-state index in [2.05, 4.69) is 17.4 Å². The number of alkyl halides is 3. The highest BCUT2D eigenvalue weighted by Crippen LogP contribution is 2.50. The van der Waals surface area contributed by atoms with E-state index in [1.165, 1.54) is 34.7 Å². The molecule has 0 saturated carbocycles. The lowest BCUT2D eigenvalue weighted by Crippen LogP contribution is -2.59. The van der Waals surface area contributed by atoms with Gasteiger partial charge in [-0.15, -0.1) is 0 Å². The summed E-state index contributed by atoms with van der Waals surface area (Å²) in [5, 5.41) is 3.46. The van der Waals surface area contributed by atoms with Crippen LogP contribution < -0.4 is 5.32 Å². The fourth-order valence-electron chi connectivity index (χ4n) is 5.51. The Hall–Kier alpha value is -2.38. The van der Waals surface area contributed by atoms with Crippen molar-refractivity contribution < 1.29 is 22.7 Å². The first-order valence-corrected chi connectivity index (χ1v) is 11.1. The van der Waals surface area contributed by atoms with E-state index in [0.717, 1.165) is 26.6 Å². The van der Waals surface area contributed by atoms with Gasteiger partial charge in [-0.1, -0.05) is 60.7 Å². The van der Waals surface area contributed by atoms with Crippen LogP contribution in [0.2, 0.25) is 0 Å². The summed E-state index contributed by atoms with van der Waals surface area (Å²) in [6, 6.07) is 17.5. The Morgan fingerprint density at radius 2 is 1.59 bits per heavy atom. The van der Waals surface area contributed by atoms with Gasteiger partial charge in [0.1, 0.15) is 0 Å². The fraction of sp³-hybridized carbons (Fsp3) is 0.480. The maximum atomic E-state index is 14.3. The predicted molar refractivity (Wildman–Crippen MR) is 116 cm³/mol. The molecule has 172 valence electrons. The van der Waals surface area contributed by atoms with Crippen LogP contribution in [0.15, 0.2) is 60.7 Å². The Labute approximate surface area is 186 Å². The number of methoxy groups -OCH3 is 1. The first-order chi connectivity index (χ1) is 15.3. The number of hydrogen-bond acceptors (Lipinski definition) is 3. The van der Waals surface area contributed by atoms with Crippen molar-refractivity contribution >= 4 is 5.91 Å². The minimum atomic E-state index is -4.88. The van der Waals surface area contributed by atoms with E-state index in [9.17, 15) is 18.0 Å². The average Bonchev–Trinajstić information content (AvgIpc) is 2.81. The zero-order chi connectivity index (χ0) is 22.8. The second kappa shape index (κ2) is 8.87. The number of hydrogen-bond donors (Lipinski definition) is 1. The molecule has 2 aliphatic heterocycles. The van der Waals surface area contributed by atoms with Crippen molar-refractivity contribution in [3.63, 3.8) is 0 Å². The number of carbonyl (C=O) groups is 1. The van der Waals surface area contributed by atoms with E-state index >= 15 is 0 Å². The third-order valence-electron chi connectivity index (χ3n) is 7.32. The number of benzene rings is 2. The quantitative estimate of drug-likeness (QED) is 0.753. The van der Waals surface area contributed by atoms with Gasteiger partial charge in [0.2, 0.25) is 0 Å². The highest BCUT2D eigenvalue weighted by Gasteiger charge is 2.64. The SMILES string of the molecule is CO[C@](C(=O)N1CCC2(CCNCC2c2ccccc2)CC1)(c1ccccc1)C(F)(F)F.